The Morgan fingerprint density at radius 2 is 2.19 bits per heavy atom. The zero-order valence-corrected chi connectivity index (χ0v) is 9.31. The quantitative estimate of drug-likeness (QED) is 0.711. The highest BCUT2D eigenvalue weighted by atomic mass is 16.4. The topological polar surface area (TPSA) is 83.6 Å². The normalized spacial score (nSPS) is 14.4. The number of unbranched alkanes of at least 4 members (excludes halogenated alkanes) is 1. The van der Waals surface area contributed by atoms with Gasteiger partial charge in [-0.2, -0.15) is 0 Å². The molecule has 1 unspecified atom stereocenters. The molecule has 0 saturated carbocycles. The molecule has 1 atom stereocenters. The van der Waals surface area contributed by atoms with Crippen LogP contribution in [0.25, 0.3) is 0 Å². The maximum atomic E-state index is 11.2. The van der Waals surface area contributed by atoms with Crippen molar-refractivity contribution in [3.8, 4) is 5.75 Å². The standard InChI is InChI=1S/C12H17NO3/c1-2-3-7-12(13,11(15)16)9-5-4-6-10(14)8-9/h4-6,8,14H,2-3,7,13H2,1H3,(H,15,16). The summed E-state index contributed by atoms with van der Waals surface area (Å²) >= 11 is 0. The van der Waals surface area contributed by atoms with E-state index in [2.05, 4.69) is 0 Å². The smallest absolute Gasteiger partial charge is 0.328 e. The number of nitrogens with two attached hydrogens (primary N) is 1. The molecule has 0 aromatic heterocycles. The zero-order chi connectivity index (χ0) is 12.2. The van der Waals surface area contributed by atoms with Crippen molar-refractivity contribution in [2.75, 3.05) is 0 Å². The van der Waals surface area contributed by atoms with Gasteiger partial charge < -0.3 is 15.9 Å². The van der Waals surface area contributed by atoms with Gasteiger partial charge in [-0.1, -0.05) is 31.9 Å². The Labute approximate surface area is 94.7 Å². The van der Waals surface area contributed by atoms with Crippen molar-refractivity contribution in [1.82, 2.24) is 0 Å². The van der Waals surface area contributed by atoms with Crippen LogP contribution in [0, 0.1) is 0 Å². The van der Waals surface area contributed by atoms with Crippen LogP contribution in [0.15, 0.2) is 24.3 Å². The van der Waals surface area contributed by atoms with E-state index >= 15 is 0 Å². The van der Waals surface area contributed by atoms with Crippen molar-refractivity contribution >= 4 is 5.97 Å². The molecule has 0 spiro atoms. The van der Waals surface area contributed by atoms with E-state index in [9.17, 15) is 15.0 Å². The second-order valence-electron chi connectivity index (χ2n) is 3.93. The van der Waals surface area contributed by atoms with E-state index < -0.39 is 11.5 Å². The molecule has 0 aliphatic carbocycles. The lowest BCUT2D eigenvalue weighted by Crippen LogP contribution is -2.44. The van der Waals surface area contributed by atoms with Crippen LogP contribution in [-0.4, -0.2) is 16.2 Å². The number of carboxylic acid groups (broad SMARTS) is 1. The third-order valence-corrected chi connectivity index (χ3v) is 2.67. The summed E-state index contributed by atoms with van der Waals surface area (Å²) in [6.45, 7) is 1.98. The number of carboxylic acids is 1. The predicted molar refractivity (Wildman–Crippen MR) is 61.1 cm³/mol. The minimum atomic E-state index is -1.41. The van der Waals surface area contributed by atoms with Crippen LogP contribution in [0.5, 0.6) is 5.75 Å². The zero-order valence-electron chi connectivity index (χ0n) is 9.31. The van der Waals surface area contributed by atoms with Crippen molar-refractivity contribution < 1.29 is 15.0 Å². The molecule has 0 aliphatic rings. The molecule has 1 aromatic carbocycles. The van der Waals surface area contributed by atoms with E-state index in [1.165, 1.54) is 12.1 Å². The Morgan fingerprint density at radius 3 is 2.69 bits per heavy atom. The first-order valence-corrected chi connectivity index (χ1v) is 5.32. The monoisotopic (exact) mass is 223 g/mol. The molecule has 1 aromatic rings. The van der Waals surface area contributed by atoms with Gasteiger partial charge in [0.05, 0.1) is 0 Å². The Hall–Kier alpha value is -1.55. The number of aromatic hydroxyl groups is 1. The van der Waals surface area contributed by atoms with Crippen molar-refractivity contribution in [3.63, 3.8) is 0 Å². The van der Waals surface area contributed by atoms with Gasteiger partial charge in [0.1, 0.15) is 11.3 Å². The van der Waals surface area contributed by atoms with Crippen molar-refractivity contribution in [3.05, 3.63) is 29.8 Å². The fourth-order valence-electron chi connectivity index (χ4n) is 1.61. The van der Waals surface area contributed by atoms with Gasteiger partial charge in [-0.25, -0.2) is 4.79 Å². The molecular formula is C12H17NO3. The van der Waals surface area contributed by atoms with Crippen LogP contribution in [0.3, 0.4) is 0 Å². The third kappa shape index (κ3) is 2.52. The summed E-state index contributed by atoms with van der Waals surface area (Å²) in [7, 11) is 0. The summed E-state index contributed by atoms with van der Waals surface area (Å²) in [6, 6.07) is 6.13. The van der Waals surface area contributed by atoms with Crippen LogP contribution >= 0.6 is 0 Å². The van der Waals surface area contributed by atoms with Gasteiger partial charge in [0.2, 0.25) is 0 Å². The first-order valence-electron chi connectivity index (χ1n) is 5.32. The molecule has 88 valence electrons. The van der Waals surface area contributed by atoms with Crippen LogP contribution in [0.2, 0.25) is 0 Å². The van der Waals surface area contributed by atoms with E-state index in [1.54, 1.807) is 12.1 Å². The van der Waals surface area contributed by atoms with Gasteiger partial charge in [0, 0.05) is 0 Å². The predicted octanol–water partition coefficient (Wildman–Crippen LogP) is 1.82. The van der Waals surface area contributed by atoms with Crippen LogP contribution in [0.4, 0.5) is 0 Å². The highest BCUT2D eigenvalue weighted by molar-refractivity contribution is 5.80. The minimum absolute atomic E-state index is 0.0325. The van der Waals surface area contributed by atoms with E-state index in [1.807, 2.05) is 6.92 Å². The molecule has 0 amide bonds. The Bertz CT molecular complexity index is 378. The SMILES string of the molecule is CCCCC(N)(C(=O)O)c1cccc(O)c1. The maximum absolute atomic E-state index is 11.2. The number of aliphatic carboxylic acids is 1. The molecule has 0 fully saturated rings. The largest absolute Gasteiger partial charge is 0.508 e. The summed E-state index contributed by atoms with van der Waals surface area (Å²) < 4.78 is 0. The summed E-state index contributed by atoms with van der Waals surface area (Å²) in [5.74, 6) is -1.03. The van der Waals surface area contributed by atoms with Gasteiger partial charge in [0.15, 0.2) is 0 Å². The average molecular weight is 223 g/mol. The highest BCUT2D eigenvalue weighted by Gasteiger charge is 2.35. The van der Waals surface area contributed by atoms with Crippen molar-refractivity contribution in [1.29, 1.82) is 0 Å². The van der Waals surface area contributed by atoms with Gasteiger partial charge in [-0.15, -0.1) is 0 Å². The first-order chi connectivity index (χ1) is 7.50. The van der Waals surface area contributed by atoms with Gasteiger partial charge >= 0.3 is 5.97 Å². The molecule has 4 nitrogen and oxygen atoms in total. The molecule has 0 radical (unpaired) electrons. The minimum Gasteiger partial charge on any atom is -0.508 e. The highest BCUT2D eigenvalue weighted by Crippen LogP contribution is 2.27. The number of carbonyl (C=O) groups is 1. The number of rotatable bonds is 5. The molecule has 4 N–H and O–H groups in total. The van der Waals surface area contributed by atoms with E-state index in [0.717, 1.165) is 12.8 Å². The first kappa shape index (κ1) is 12.5. The maximum Gasteiger partial charge on any atom is 0.328 e. The molecule has 0 bridgehead atoms. The fourth-order valence-corrected chi connectivity index (χ4v) is 1.61. The van der Waals surface area contributed by atoms with E-state index in [0.29, 0.717) is 12.0 Å². The second kappa shape index (κ2) is 4.99. The van der Waals surface area contributed by atoms with E-state index in [4.69, 9.17) is 5.73 Å². The summed E-state index contributed by atoms with van der Waals surface area (Å²) in [5, 5.41) is 18.5. The summed E-state index contributed by atoms with van der Waals surface area (Å²) in [5.41, 5.74) is 4.94. The molecular weight excluding hydrogens is 206 g/mol. The third-order valence-electron chi connectivity index (χ3n) is 2.67. The second-order valence-corrected chi connectivity index (χ2v) is 3.93. The average Bonchev–Trinajstić information content (AvgIpc) is 2.25. The van der Waals surface area contributed by atoms with Gasteiger partial charge in [-0.05, 0) is 24.1 Å². The van der Waals surface area contributed by atoms with Gasteiger partial charge in [0.25, 0.3) is 0 Å². The fraction of sp³-hybridized carbons (Fsp3) is 0.417. The van der Waals surface area contributed by atoms with E-state index in [-0.39, 0.29) is 5.75 Å². The van der Waals surface area contributed by atoms with Crippen molar-refractivity contribution in [2.24, 2.45) is 5.73 Å². The molecule has 0 heterocycles. The number of phenolic OH excluding ortho intramolecular Hbond substituents is 1. The van der Waals surface area contributed by atoms with Crippen LogP contribution in [-0.2, 0) is 10.3 Å². The van der Waals surface area contributed by atoms with Crippen molar-refractivity contribution in [2.45, 2.75) is 31.7 Å². The Balaban J connectivity index is 3.06. The number of phenols is 1. The lowest BCUT2D eigenvalue weighted by molar-refractivity contribution is -0.144. The van der Waals surface area contributed by atoms with Gasteiger partial charge in [-0.3, -0.25) is 0 Å². The lowest BCUT2D eigenvalue weighted by Gasteiger charge is -2.25. The molecule has 0 saturated heterocycles. The molecule has 0 aliphatic heterocycles. The van der Waals surface area contributed by atoms with Crippen LogP contribution in [0.1, 0.15) is 31.7 Å². The molecule has 4 heteroatoms. The number of benzene rings is 1. The summed E-state index contributed by atoms with van der Waals surface area (Å²) in [4.78, 5) is 11.2. The number of hydrogen-bond acceptors (Lipinski definition) is 3. The summed E-state index contributed by atoms with van der Waals surface area (Å²) in [6.07, 6.45) is 1.98. The Morgan fingerprint density at radius 1 is 1.50 bits per heavy atom. The lowest BCUT2D eigenvalue weighted by atomic mass is 9.86. The molecule has 1 rings (SSSR count). The van der Waals surface area contributed by atoms with Crippen LogP contribution < -0.4 is 5.73 Å². The molecule has 16 heavy (non-hydrogen) atoms. The Kier molecular flexibility index (Phi) is 3.90. The number of hydrogen-bond donors (Lipinski definition) is 3.